The van der Waals surface area contributed by atoms with Crippen molar-refractivity contribution >= 4 is 41.0 Å². The molecular formula is C23H25BClN5O3. The minimum atomic E-state index is -1.68. The maximum Gasteiger partial charge on any atom is 0.490 e. The highest BCUT2D eigenvalue weighted by molar-refractivity contribution is 6.63. The Morgan fingerprint density at radius 2 is 2.06 bits per heavy atom. The van der Waals surface area contributed by atoms with E-state index in [-0.39, 0.29) is 10.5 Å². The van der Waals surface area contributed by atoms with Crippen molar-refractivity contribution in [3.63, 3.8) is 0 Å². The van der Waals surface area contributed by atoms with Gasteiger partial charge in [-0.3, -0.25) is 0 Å². The van der Waals surface area contributed by atoms with Gasteiger partial charge in [-0.25, -0.2) is 15.0 Å². The molecule has 170 valence electrons. The molecular weight excluding hydrogens is 441 g/mol. The van der Waals surface area contributed by atoms with E-state index in [1.165, 1.54) is 12.8 Å². The summed E-state index contributed by atoms with van der Waals surface area (Å²) in [6.07, 6.45) is 6.54. The highest BCUT2D eigenvalue weighted by Crippen LogP contribution is 2.31. The number of pyridine rings is 1. The Kier molecular flexibility index (Phi) is 5.86. The average molecular weight is 466 g/mol. The van der Waals surface area contributed by atoms with Crippen molar-refractivity contribution in [2.45, 2.75) is 45.7 Å². The first kappa shape index (κ1) is 21.9. The van der Waals surface area contributed by atoms with Crippen LogP contribution in [0.5, 0.6) is 0 Å². The molecule has 0 spiro atoms. The second-order valence-electron chi connectivity index (χ2n) is 8.41. The van der Waals surface area contributed by atoms with Gasteiger partial charge in [0.1, 0.15) is 23.4 Å². The van der Waals surface area contributed by atoms with Gasteiger partial charge in [0.2, 0.25) is 0 Å². The minimum absolute atomic E-state index is 0.214. The van der Waals surface area contributed by atoms with Crippen LogP contribution in [0.15, 0.2) is 41.1 Å². The van der Waals surface area contributed by atoms with E-state index < -0.39 is 7.12 Å². The number of hydrogen-bond donors (Lipinski definition) is 2. The van der Waals surface area contributed by atoms with Gasteiger partial charge in [0, 0.05) is 36.2 Å². The lowest BCUT2D eigenvalue weighted by Gasteiger charge is -2.22. The molecule has 1 aliphatic heterocycles. The molecule has 4 heterocycles. The number of hydrogen-bond acceptors (Lipinski definition) is 7. The molecule has 4 aromatic rings. The molecule has 1 atom stereocenters. The van der Waals surface area contributed by atoms with E-state index in [9.17, 15) is 10.0 Å². The summed E-state index contributed by atoms with van der Waals surface area (Å²) >= 11 is 6.51. The van der Waals surface area contributed by atoms with E-state index in [1.54, 1.807) is 18.4 Å². The third-order valence-electron chi connectivity index (χ3n) is 6.24. The number of oxazole rings is 1. The number of halogens is 1. The predicted octanol–water partition coefficient (Wildman–Crippen LogP) is 3.02. The van der Waals surface area contributed by atoms with Gasteiger partial charge in [-0.1, -0.05) is 24.6 Å². The predicted molar refractivity (Wildman–Crippen MR) is 129 cm³/mol. The second kappa shape index (κ2) is 8.81. The summed E-state index contributed by atoms with van der Waals surface area (Å²) in [6, 6.07) is 7.92. The molecule has 0 aliphatic carbocycles. The quantitative estimate of drug-likeness (QED) is 0.422. The minimum Gasteiger partial charge on any atom is -0.449 e. The van der Waals surface area contributed by atoms with Crippen LogP contribution in [0.4, 0.5) is 5.82 Å². The molecule has 1 unspecified atom stereocenters. The van der Waals surface area contributed by atoms with E-state index in [4.69, 9.17) is 26.0 Å². The number of aryl methyl sites for hydroxylation is 1. The summed E-state index contributed by atoms with van der Waals surface area (Å²) in [7, 11) is -1.68. The van der Waals surface area contributed by atoms with Crippen LogP contribution in [0, 0.1) is 0 Å². The fraction of sp³-hybridized carbons (Fsp3) is 0.348. The normalized spacial score (nSPS) is 16.2. The van der Waals surface area contributed by atoms with Gasteiger partial charge in [-0.15, -0.1) is 0 Å². The highest BCUT2D eigenvalue weighted by atomic mass is 35.5. The van der Waals surface area contributed by atoms with Crippen molar-refractivity contribution in [1.29, 1.82) is 0 Å². The van der Waals surface area contributed by atoms with Crippen molar-refractivity contribution in [3.05, 3.63) is 53.3 Å². The number of aromatic nitrogens is 4. The Morgan fingerprint density at radius 3 is 2.70 bits per heavy atom. The van der Waals surface area contributed by atoms with Crippen LogP contribution >= 0.6 is 11.6 Å². The Balaban J connectivity index is 1.61. The van der Waals surface area contributed by atoms with E-state index in [2.05, 4.69) is 16.8 Å². The lowest BCUT2D eigenvalue weighted by Crippen LogP contribution is -2.30. The van der Waals surface area contributed by atoms with Crippen molar-refractivity contribution < 1.29 is 14.5 Å². The smallest absolute Gasteiger partial charge is 0.449 e. The van der Waals surface area contributed by atoms with E-state index in [0.717, 1.165) is 29.1 Å². The molecule has 5 rings (SSSR count). The zero-order chi connectivity index (χ0) is 23.1. The molecule has 1 saturated heterocycles. The molecule has 0 saturated carbocycles. The van der Waals surface area contributed by atoms with Crippen molar-refractivity contribution in [1.82, 2.24) is 19.5 Å². The standard InChI is InChI=1S/C23H25BClN5O3/c1-3-20-27-16(13-33-20)12-30-18-8-7-17(24(31)32)21(25)22(18)28-23(30)15-6-9-19(26-11-15)29-10-4-5-14(29)2/h6-9,11,13-14,31-32H,3-5,10,12H2,1-2H3. The Morgan fingerprint density at radius 1 is 1.21 bits per heavy atom. The lowest BCUT2D eigenvalue weighted by atomic mass is 9.80. The summed E-state index contributed by atoms with van der Waals surface area (Å²) in [4.78, 5) is 16.4. The van der Waals surface area contributed by atoms with Gasteiger partial charge in [0.25, 0.3) is 0 Å². The summed E-state index contributed by atoms with van der Waals surface area (Å²) in [6.45, 7) is 5.65. The molecule has 8 nitrogen and oxygen atoms in total. The molecule has 1 aliphatic rings. The van der Waals surface area contributed by atoms with Crippen LogP contribution in [0.1, 0.15) is 38.3 Å². The molecule has 3 aromatic heterocycles. The van der Waals surface area contributed by atoms with Gasteiger partial charge in [0.05, 0.1) is 22.8 Å². The van der Waals surface area contributed by atoms with Gasteiger partial charge >= 0.3 is 7.12 Å². The number of rotatable bonds is 6. The number of benzene rings is 1. The molecule has 10 heteroatoms. The molecule has 2 N–H and O–H groups in total. The van der Waals surface area contributed by atoms with E-state index in [0.29, 0.717) is 36.2 Å². The Labute approximate surface area is 197 Å². The molecule has 1 fully saturated rings. The number of fused-ring (bicyclic) bond motifs is 1. The lowest BCUT2D eigenvalue weighted by molar-refractivity contribution is 0.426. The van der Waals surface area contributed by atoms with Gasteiger partial charge in [0.15, 0.2) is 5.89 Å². The van der Waals surface area contributed by atoms with Gasteiger partial charge in [-0.05, 0) is 38.0 Å². The topological polar surface area (TPSA) is 100 Å². The molecule has 0 radical (unpaired) electrons. The molecule has 33 heavy (non-hydrogen) atoms. The Hall–Kier alpha value is -2.88. The van der Waals surface area contributed by atoms with E-state index in [1.807, 2.05) is 29.8 Å². The highest BCUT2D eigenvalue weighted by Gasteiger charge is 2.24. The monoisotopic (exact) mass is 465 g/mol. The third-order valence-corrected chi connectivity index (χ3v) is 6.64. The average Bonchev–Trinajstić information content (AvgIpc) is 3.53. The van der Waals surface area contributed by atoms with Crippen molar-refractivity contribution in [2.24, 2.45) is 0 Å². The Bertz CT molecular complexity index is 1290. The first-order chi connectivity index (χ1) is 16.0. The van der Waals surface area contributed by atoms with Crippen LogP contribution in [0.25, 0.3) is 22.4 Å². The van der Waals surface area contributed by atoms with Crippen molar-refractivity contribution in [2.75, 3.05) is 11.4 Å². The maximum atomic E-state index is 9.68. The number of nitrogens with zero attached hydrogens (tertiary/aromatic N) is 5. The van der Waals surface area contributed by atoms with Crippen LogP contribution in [-0.2, 0) is 13.0 Å². The molecule has 0 amide bonds. The second-order valence-corrected chi connectivity index (χ2v) is 8.79. The fourth-order valence-electron chi connectivity index (χ4n) is 4.46. The number of anilines is 1. The van der Waals surface area contributed by atoms with Crippen LogP contribution in [-0.4, -0.2) is 49.3 Å². The largest absolute Gasteiger partial charge is 0.490 e. The summed E-state index contributed by atoms with van der Waals surface area (Å²) in [5, 5.41) is 19.6. The molecule has 1 aromatic carbocycles. The molecule has 0 bridgehead atoms. The maximum absolute atomic E-state index is 9.68. The van der Waals surface area contributed by atoms with Crippen molar-refractivity contribution in [3.8, 4) is 11.4 Å². The fourth-order valence-corrected chi connectivity index (χ4v) is 4.76. The van der Waals surface area contributed by atoms with Crippen LogP contribution in [0.2, 0.25) is 5.02 Å². The van der Waals surface area contributed by atoms with E-state index >= 15 is 0 Å². The zero-order valence-electron chi connectivity index (χ0n) is 18.6. The van der Waals surface area contributed by atoms with Gasteiger partial charge in [-0.2, -0.15) is 0 Å². The van der Waals surface area contributed by atoms with Crippen LogP contribution < -0.4 is 10.4 Å². The summed E-state index contributed by atoms with van der Waals surface area (Å²) < 4.78 is 7.52. The van der Waals surface area contributed by atoms with Crippen LogP contribution in [0.3, 0.4) is 0 Å². The first-order valence-corrected chi connectivity index (χ1v) is 11.5. The summed E-state index contributed by atoms with van der Waals surface area (Å²) in [5.41, 5.74) is 3.08. The zero-order valence-corrected chi connectivity index (χ0v) is 19.3. The summed E-state index contributed by atoms with van der Waals surface area (Å²) in [5.74, 6) is 2.30. The third kappa shape index (κ3) is 4.01. The number of imidazole rings is 1. The van der Waals surface area contributed by atoms with Gasteiger partial charge < -0.3 is 23.9 Å². The first-order valence-electron chi connectivity index (χ1n) is 11.2. The SMILES string of the molecule is CCc1nc(Cn2c(-c3ccc(N4CCCC4C)nc3)nc3c(Cl)c(B(O)O)ccc32)co1.